The summed E-state index contributed by atoms with van der Waals surface area (Å²) < 4.78 is 10.5. The van der Waals surface area contributed by atoms with E-state index >= 15 is 0 Å². The lowest BCUT2D eigenvalue weighted by Crippen LogP contribution is -2.10. The van der Waals surface area contributed by atoms with Gasteiger partial charge in [-0.2, -0.15) is 0 Å². The average molecular weight is 354 g/mol. The maximum atomic E-state index is 12.1. The zero-order chi connectivity index (χ0) is 18.8. The largest absolute Gasteiger partial charge is 0.462 e. The van der Waals surface area contributed by atoms with Gasteiger partial charge in [-0.25, -0.2) is 9.59 Å². The van der Waals surface area contributed by atoms with Gasteiger partial charge in [0.1, 0.15) is 0 Å². The van der Waals surface area contributed by atoms with Crippen LogP contribution in [0.1, 0.15) is 53.0 Å². The molecule has 0 fully saturated rings. The molecular weight excluding hydrogens is 328 g/mol. The van der Waals surface area contributed by atoms with E-state index in [1.54, 1.807) is 24.3 Å². The Morgan fingerprint density at radius 3 is 1.88 bits per heavy atom. The van der Waals surface area contributed by atoms with Crippen LogP contribution < -0.4 is 0 Å². The average Bonchev–Trinajstić information content (AvgIpc) is 2.66. The van der Waals surface area contributed by atoms with E-state index < -0.39 is 5.97 Å². The molecule has 0 spiro atoms. The molecule has 0 aliphatic rings. The van der Waals surface area contributed by atoms with Crippen LogP contribution in [-0.2, 0) is 15.9 Å². The second-order valence-corrected chi connectivity index (χ2v) is 6.62. The van der Waals surface area contributed by atoms with Crippen molar-refractivity contribution in [2.45, 2.75) is 33.1 Å². The molecule has 26 heavy (non-hydrogen) atoms. The second kappa shape index (κ2) is 10.4. The Balaban J connectivity index is 1.76. The number of ether oxygens (including phenoxy) is 2. The summed E-state index contributed by atoms with van der Waals surface area (Å²) in [5.41, 5.74) is 1.99. The van der Waals surface area contributed by atoms with Crippen molar-refractivity contribution in [1.29, 1.82) is 0 Å². The zero-order valence-electron chi connectivity index (χ0n) is 15.4. The summed E-state index contributed by atoms with van der Waals surface area (Å²) in [5.74, 6) is -0.156. The highest BCUT2D eigenvalue weighted by molar-refractivity contribution is 5.93. The lowest BCUT2D eigenvalue weighted by molar-refractivity contribution is 0.0486. The van der Waals surface area contributed by atoms with Crippen LogP contribution in [0.15, 0.2) is 54.6 Å². The van der Waals surface area contributed by atoms with Crippen molar-refractivity contribution < 1.29 is 19.1 Å². The number of carbonyl (C=O) groups excluding carboxylic acids is 2. The van der Waals surface area contributed by atoms with Gasteiger partial charge in [0.25, 0.3) is 0 Å². The number of esters is 2. The van der Waals surface area contributed by atoms with Crippen LogP contribution in [0.25, 0.3) is 0 Å². The van der Waals surface area contributed by atoms with E-state index in [0.717, 1.165) is 18.4 Å². The molecule has 0 N–H and O–H groups in total. The van der Waals surface area contributed by atoms with Crippen molar-refractivity contribution in [3.63, 3.8) is 0 Å². The third kappa shape index (κ3) is 6.71. The van der Waals surface area contributed by atoms with Gasteiger partial charge in [0.15, 0.2) is 0 Å². The molecule has 0 bridgehead atoms. The highest BCUT2D eigenvalue weighted by Gasteiger charge is 2.11. The van der Waals surface area contributed by atoms with Crippen LogP contribution in [0.2, 0.25) is 0 Å². The summed E-state index contributed by atoms with van der Waals surface area (Å²) in [7, 11) is 0. The molecule has 0 radical (unpaired) electrons. The number of carbonyl (C=O) groups is 2. The van der Waals surface area contributed by atoms with E-state index in [-0.39, 0.29) is 5.97 Å². The topological polar surface area (TPSA) is 52.6 Å². The summed E-state index contributed by atoms with van der Waals surface area (Å²) >= 11 is 0. The van der Waals surface area contributed by atoms with Gasteiger partial charge in [0, 0.05) is 6.42 Å². The van der Waals surface area contributed by atoms with Crippen LogP contribution in [0, 0.1) is 5.92 Å². The maximum Gasteiger partial charge on any atom is 0.338 e. The van der Waals surface area contributed by atoms with Gasteiger partial charge >= 0.3 is 11.9 Å². The highest BCUT2D eigenvalue weighted by Crippen LogP contribution is 2.10. The molecule has 0 atom stereocenters. The lowest BCUT2D eigenvalue weighted by Gasteiger charge is -2.08. The van der Waals surface area contributed by atoms with Crippen molar-refractivity contribution in [3.8, 4) is 0 Å². The number of benzene rings is 2. The number of rotatable bonds is 9. The molecule has 2 aromatic carbocycles. The molecule has 0 aromatic heterocycles. The minimum atomic E-state index is -0.391. The van der Waals surface area contributed by atoms with Crippen molar-refractivity contribution in [2.24, 2.45) is 5.92 Å². The molecule has 0 amide bonds. The summed E-state index contributed by atoms with van der Waals surface area (Å²) in [6.45, 7) is 5.02. The highest BCUT2D eigenvalue weighted by atomic mass is 16.5. The van der Waals surface area contributed by atoms with Gasteiger partial charge in [-0.15, -0.1) is 0 Å². The normalized spacial score (nSPS) is 10.6. The molecule has 0 aliphatic carbocycles. The SMILES string of the molecule is CC(C)CCCOC(=O)c1ccc(C(=O)OCCc2ccccc2)cc1. The van der Waals surface area contributed by atoms with Crippen molar-refractivity contribution in [2.75, 3.05) is 13.2 Å². The van der Waals surface area contributed by atoms with Crippen LogP contribution in [-0.4, -0.2) is 25.2 Å². The molecule has 2 rings (SSSR count). The molecule has 4 nitrogen and oxygen atoms in total. The van der Waals surface area contributed by atoms with Gasteiger partial charge in [0.05, 0.1) is 24.3 Å². The van der Waals surface area contributed by atoms with Crippen molar-refractivity contribution in [1.82, 2.24) is 0 Å². The van der Waals surface area contributed by atoms with E-state index in [1.165, 1.54) is 0 Å². The van der Waals surface area contributed by atoms with Gasteiger partial charge in [0.2, 0.25) is 0 Å². The summed E-state index contributed by atoms with van der Waals surface area (Å²) in [4.78, 5) is 24.0. The molecule has 0 saturated heterocycles. The Morgan fingerprint density at radius 1 is 0.808 bits per heavy atom. The molecule has 4 heteroatoms. The summed E-state index contributed by atoms with van der Waals surface area (Å²) in [6.07, 6.45) is 2.56. The Kier molecular flexibility index (Phi) is 7.87. The van der Waals surface area contributed by atoms with Crippen LogP contribution in [0.5, 0.6) is 0 Å². The Labute approximate surface area is 155 Å². The molecule has 0 saturated carbocycles. The molecule has 0 heterocycles. The summed E-state index contributed by atoms with van der Waals surface area (Å²) in [5, 5.41) is 0. The van der Waals surface area contributed by atoms with Gasteiger partial charge < -0.3 is 9.47 Å². The molecule has 0 aliphatic heterocycles. The van der Waals surface area contributed by atoms with E-state index in [1.807, 2.05) is 30.3 Å². The molecule has 138 valence electrons. The van der Waals surface area contributed by atoms with Gasteiger partial charge in [-0.1, -0.05) is 44.2 Å². The number of hydrogen-bond acceptors (Lipinski definition) is 4. The van der Waals surface area contributed by atoms with E-state index in [2.05, 4.69) is 13.8 Å². The van der Waals surface area contributed by atoms with E-state index in [0.29, 0.717) is 36.7 Å². The first kappa shape index (κ1) is 19.7. The first-order chi connectivity index (χ1) is 12.6. The lowest BCUT2D eigenvalue weighted by atomic mass is 10.1. The second-order valence-electron chi connectivity index (χ2n) is 6.62. The first-order valence-electron chi connectivity index (χ1n) is 9.04. The third-order valence-corrected chi connectivity index (χ3v) is 3.98. The monoisotopic (exact) mass is 354 g/mol. The molecule has 0 unspecified atom stereocenters. The van der Waals surface area contributed by atoms with Crippen LogP contribution >= 0.6 is 0 Å². The fraction of sp³-hybridized carbons (Fsp3) is 0.364. The molecular formula is C22H26O4. The van der Waals surface area contributed by atoms with Crippen LogP contribution in [0.4, 0.5) is 0 Å². The predicted octanol–water partition coefficient (Wildman–Crippen LogP) is 4.68. The Hall–Kier alpha value is -2.62. The minimum absolute atomic E-state index is 0.322. The fourth-order valence-corrected chi connectivity index (χ4v) is 2.47. The minimum Gasteiger partial charge on any atom is -0.462 e. The van der Waals surface area contributed by atoms with Gasteiger partial charge in [-0.05, 0) is 48.6 Å². The quantitative estimate of drug-likeness (QED) is 0.485. The van der Waals surface area contributed by atoms with E-state index in [4.69, 9.17) is 9.47 Å². The third-order valence-electron chi connectivity index (χ3n) is 3.98. The zero-order valence-corrected chi connectivity index (χ0v) is 15.4. The number of hydrogen-bond donors (Lipinski definition) is 0. The Morgan fingerprint density at radius 2 is 1.35 bits per heavy atom. The summed E-state index contributed by atoms with van der Waals surface area (Å²) in [6, 6.07) is 16.2. The Bertz CT molecular complexity index is 690. The predicted molar refractivity (Wildman–Crippen MR) is 101 cm³/mol. The van der Waals surface area contributed by atoms with Crippen molar-refractivity contribution >= 4 is 11.9 Å². The smallest absolute Gasteiger partial charge is 0.338 e. The molecule has 2 aromatic rings. The standard InChI is InChI=1S/C22H26O4/c1-17(2)7-6-15-25-21(23)19-10-12-20(13-11-19)22(24)26-16-14-18-8-4-3-5-9-18/h3-5,8-13,17H,6-7,14-16H2,1-2H3. The first-order valence-corrected chi connectivity index (χ1v) is 9.04. The van der Waals surface area contributed by atoms with Crippen molar-refractivity contribution in [3.05, 3.63) is 71.3 Å². The van der Waals surface area contributed by atoms with Crippen LogP contribution in [0.3, 0.4) is 0 Å². The van der Waals surface area contributed by atoms with E-state index in [9.17, 15) is 9.59 Å². The van der Waals surface area contributed by atoms with Gasteiger partial charge in [-0.3, -0.25) is 0 Å². The maximum absolute atomic E-state index is 12.1. The fourth-order valence-electron chi connectivity index (χ4n) is 2.47.